The van der Waals surface area contributed by atoms with Gasteiger partial charge in [-0.1, -0.05) is 211 Å². The van der Waals surface area contributed by atoms with Gasteiger partial charge in [0.05, 0.1) is 6.61 Å². The minimum Gasteiger partial charge on any atom is -0.462 e. The average Bonchev–Trinajstić information content (AvgIpc) is 3.20. The highest BCUT2D eigenvalue weighted by Crippen LogP contribution is 2.16. The molecule has 0 aliphatic heterocycles. The van der Waals surface area contributed by atoms with Gasteiger partial charge in [-0.15, -0.1) is 0 Å². The quantitative estimate of drug-likeness (QED) is 0.0378. The maximum atomic E-state index is 12.2. The van der Waals surface area contributed by atoms with Gasteiger partial charge in [0.1, 0.15) is 6.61 Å². The summed E-state index contributed by atoms with van der Waals surface area (Å²) in [5.41, 5.74) is 0. The van der Waals surface area contributed by atoms with E-state index in [1.165, 1.54) is 180 Å². The predicted molar refractivity (Wildman–Crippen MR) is 242 cm³/mol. The van der Waals surface area contributed by atoms with Gasteiger partial charge in [0, 0.05) is 12.8 Å². The van der Waals surface area contributed by atoms with Crippen molar-refractivity contribution in [2.45, 2.75) is 264 Å². The number of hydrogen-bond acceptors (Lipinski definition) is 5. The molecule has 0 bridgehead atoms. The molecule has 0 aliphatic carbocycles. The van der Waals surface area contributed by atoms with Crippen LogP contribution in [0.25, 0.3) is 0 Å². The van der Waals surface area contributed by atoms with E-state index in [0.717, 1.165) is 51.4 Å². The first kappa shape index (κ1) is 54.1. The largest absolute Gasteiger partial charge is 0.462 e. The number of rotatable bonds is 45. The Labute approximate surface area is 348 Å². The van der Waals surface area contributed by atoms with Crippen LogP contribution in [0.3, 0.4) is 0 Å². The Hall–Kier alpha value is -1.88. The fourth-order valence-electron chi connectivity index (χ4n) is 7.17. The van der Waals surface area contributed by atoms with Crippen LogP contribution in [0, 0.1) is 0 Å². The first-order chi connectivity index (χ1) is 27.6. The number of aliphatic hydroxyl groups excluding tert-OH is 1. The van der Waals surface area contributed by atoms with Crippen LogP contribution in [0.5, 0.6) is 0 Å². The number of carbonyl (C=O) groups is 2. The van der Waals surface area contributed by atoms with Gasteiger partial charge in [-0.3, -0.25) is 9.59 Å². The molecule has 0 amide bonds. The minimum absolute atomic E-state index is 0.0670. The molecule has 56 heavy (non-hydrogen) atoms. The zero-order valence-electron chi connectivity index (χ0n) is 37.4. The molecular weight excluding hydrogens is 693 g/mol. The van der Waals surface area contributed by atoms with Gasteiger partial charge in [-0.2, -0.15) is 0 Å². The van der Waals surface area contributed by atoms with E-state index in [1.807, 2.05) is 0 Å². The van der Waals surface area contributed by atoms with Crippen LogP contribution in [0.4, 0.5) is 0 Å². The first-order valence-electron chi connectivity index (χ1n) is 24.5. The second kappa shape index (κ2) is 47.5. The van der Waals surface area contributed by atoms with Gasteiger partial charge in [-0.05, 0) is 70.6 Å². The molecule has 0 saturated carbocycles. The van der Waals surface area contributed by atoms with E-state index >= 15 is 0 Å². The van der Waals surface area contributed by atoms with Crippen molar-refractivity contribution in [3.63, 3.8) is 0 Å². The Morgan fingerprint density at radius 2 is 0.714 bits per heavy atom. The standard InChI is InChI=1S/C51H94O5/c1-3-5-7-9-11-13-15-17-18-19-20-21-22-23-24-25-26-27-28-29-30-31-32-34-36-38-40-42-44-46-51(54)56-49(47-52)48-55-50(53)45-43-41-39-37-35-33-16-14-12-10-8-6-4-2/h14-17,19-20,49,52H,3-13,18,21-48H2,1-2H3/b16-14-,17-15-,20-19-. The van der Waals surface area contributed by atoms with Crippen LogP contribution in [-0.4, -0.2) is 36.4 Å². The molecular formula is C51H94O5. The van der Waals surface area contributed by atoms with Crippen molar-refractivity contribution < 1.29 is 24.2 Å². The molecule has 0 rings (SSSR count). The summed E-state index contributed by atoms with van der Waals surface area (Å²) in [5.74, 6) is -0.592. The topological polar surface area (TPSA) is 72.8 Å². The van der Waals surface area contributed by atoms with Gasteiger partial charge >= 0.3 is 11.9 Å². The zero-order chi connectivity index (χ0) is 40.7. The van der Waals surface area contributed by atoms with Crippen molar-refractivity contribution in [3.05, 3.63) is 36.5 Å². The Balaban J connectivity index is 3.44. The Morgan fingerprint density at radius 1 is 0.411 bits per heavy atom. The third kappa shape index (κ3) is 44.8. The van der Waals surface area contributed by atoms with Crippen LogP contribution < -0.4 is 0 Å². The maximum Gasteiger partial charge on any atom is 0.306 e. The van der Waals surface area contributed by atoms with Crippen molar-refractivity contribution in [1.82, 2.24) is 0 Å². The molecule has 1 N–H and O–H groups in total. The van der Waals surface area contributed by atoms with E-state index in [1.54, 1.807) is 0 Å². The monoisotopic (exact) mass is 787 g/mol. The van der Waals surface area contributed by atoms with E-state index in [0.29, 0.717) is 12.8 Å². The fourth-order valence-corrected chi connectivity index (χ4v) is 7.17. The van der Waals surface area contributed by atoms with E-state index in [9.17, 15) is 14.7 Å². The van der Waals surface area contributed by atoms with Crippen LogP contribution in [0.15, 0.2) is 36.5 Å². The molecule has 0 aromatic rings. The fraction of sp³-hybridized carbons (Fsp3) is 0.843. The summed E-state index contributed by atoms with van der Waals surface area (Å²) in [6.07, 6.45) is 59.6. The second-order valence-electron chi connectivity index (χ2n) is 16.5. The predicted octanol–water partition coefficient (Wildman–Crippen LogP) is 16.0. The number of carbonyl (C=O) groups excluding carboxylic acids is 2. The third-order valence-electron chi connectivity index (χ3n) is 10.9. The Bertz CT molecular complexity index is 893. The number of allylic oxidation sites excluding steroid dienone is 6. The summed E-state index contributed by atoms with van der Waals surface area (Å²) in [4.78, 5) is 24.3. The van der Waals surface area contributed by atoms with E-state index in [-0.39, 0.29) is 25.2 Å². The molecule has 0 aliphatic rings. The van der Waals surface area contributed by atoms with Crippen LogP contribution in [0.1, 0.15) is 258 Å². The number of esters is 2. The van der Waals surface area contributed by atoms with E-state index in [4.69, 9.17) is 9.47 Å². The Kier molecular flexibility index (Phi) is 45.9. The highest BCUT2D eigenvalue weighted by atomic mass is 16.6. The van der Waals surface area contributed by atoms with Crippen molar-refractivity contribution in [3.8, 4) is 0 Å². The van der Waals surface area contributed by atoms with E-state index in [2.05, 4.69) is 50.3 Å². The van der Waals surface area contributed by atoms with Crippen LogP contribution >= 0.6 is 0 Å². The van der Waals surface area contributed by atoms with Gasteiger partial charge in [0.2, 0.25) is 0 Å². The van der Waals surface area contributed by atoms with Crippen LogP contribution in [0.2, 0.25) is 0 Å². The summed E-state index contributed by atoms with van der Waals surface area (Å²) in [6, 6.07) is 0. The molecule has 0 aromatic carbocycles. The van der Waals surface area contributed by atoms with Crippen molar-refractivity contribution in [1.29, 1.82) is 0 Å². The van der Waals surface area contributed by atoms with Gasteiger partial charge in [0.25, 0.3) is 0 Å². The highest BCUT2D eigenvalue weighted by molar-refractivity contribution is 5.70. The zero-order valence-corrected chi connectivity index (χ0v) is 37.4. The summed E-state index contributed by atoms with van der Waals surface area (Å²) in [7, 11) is 0. The number of hydrogen-bond donors (Lipinski definition) is 1. The summed E-state index contributed by atoms with van der Waals surface area (Å²) in [6.45, 7) is 4.12. The molecule has 0 radical (unpaired) electrons. The van der Waals surface area contributed by atoms with Crippen molar-refractivity contribution >= 4 is 11.9 Å². The lowest BCUT2D eigenvalue weighted by atomic mass is 10.0. The number of aliphatic hydroxyl groups is 1. The molecule has 1 unspecified atom stereocenters. The van der Waals surface area contributed by atoms with Gasteiger partial charge in [0.15, 0.2) is 6.10 Å². The van der Waals surface area contributed by atoms with Gasteiger partial charge in [-0.25, -0.2) is 0 Å². The first-order valence-corrected chi connectivity index (χ1v) is 24.5. The summed E-state index contributed by atoms with van der Waals surface area (Å²) < 4.78 is 10.6. The molecule has 0 spiro atoms. The smallest absolute Gasteiger partial charge is 0.306 e. The summed E-state index contributed by atoms with van der Waals surface area (Å²) in [5, 5.41) is 9.59. The molecule has 328 valence electrons. The molecule has 1 atom stereocenters. The summed E-state index contributed by atoms with van der Waals surface area (Å²) >= 11 is 0. The maximum absolute atomic E-state index is 12.2. The molecule has 5 heteroatoms. The molecule has 0 aromatic heterocycles. The average molecular weight is 787 g/mol. The Morgan fingerprint density at radius 3 is 1.09 bits per heavy atom. The molecule has 0 saturated heterocycles. The normalized spacial score (nSPS) is 12.4. The lowest BCUT2D eigenvalue weighted by molar-refractivity contribution is -0.161. The third-order valence-corrected chi connectivity index (χ3v) is 10.9. The SMILES string of the molecule is CCCCCC/C=C\CCCCCCCC(=O)OCC(CO)OC(=O)CCCCCCCCCCCCCCCCCCC/C=C\C/C=C\CCCCCCC. The van der Waals surface area contributed by atoms with Crippen LogP contribution in [-0.2, 0) is 19.1 Å². The van der Waals surface area contributed by atoms with Gasteiger partial charge < -0.3 is 14.6 Å². The molecule has 0 heterocycles. The highest BCUT2D eigenvalue weighted by Gasteiger charge is 2.16. The molecule has 5 nitrogen and oxygen atoms in total. The lowest BCUT2D eigenvalue weighted by Gasteiger charge is -2.15. The van der Waals surface area contributed by atoms with Crippen molar-refractivity contribution in [2.75, 3.05) is 13.2 Å². The van der Waals surface area contributed by atoms with E-state index < -0.39 is 6.10 Å². The number of ether oxygens (including phenoxy) is 2. The second-order valence-corrected chi connectivity index (χ2v) is 16.5. The lowest BCUT2D eigenvalue weighted by Crippen LogP contribution is -2.28. The number of unbranched alkanes of at least 4 members (excludes halogenated alkanes) is 31. The molecule has 0 fully saturated rings. The minimum atomic E-state index is -0.772. The van der Waals surface area contributed by atoms with Crippen molar-refractivity contribution in [2.24, 2.45) is 0 Å².